The van der Waals surface area contributed by atoms with Gasteiger partial charge in [0.25, 0.3) is 0 Å². The van der Waals surface area contributed by atoms with E-state index in [0.717, 1.165) is 34.8 Å². The molecule has 0 spiro atoms. The molecule has 0 saturated carbocycles. The molecule has 2 heterocycles. The smallest absolute Gasteiger partial charge is 0.225 e. The quantitative estimate of drug-likeness (QED) is 0.439. The van der Waals surface area contributed by atoms with Gasteiger partial charge in [0, 0.05) is 24.4 Å². The standard InChI is InChI=1S/C24H22FN5/c25-20-11-9-18(10-12-20)13-15-27-24-29-22(19-6-2-1-3-7-19)16-23(30-24)28-17-21-8-4-5-14-26-21/h1-12,14,16H,13,15,17H2,(H2,27,28,29,30). The molecule has 2 aromatic carbocycles. The highest BCUT2D eigenvalue weighted by atomic mass is 19.1. The predicted molar refractivity (Wildman–Crippen MR) is 118 cm³/mol. The Labute approximate surface area is 175 Å². The number of aromatic nitrogens is 3. The first-order valence-electron chi connectivity index (χ1n) is 9.83. The first-order chi connectivity index (χ1) is 14.8. The van der Waals surface area contributed by atoms with Gasteiger partial charge < -0.3 is 10.6 Å². The van der Waals surface area contributed by atoms with E-state index in [-0.39, 0.29) is 5.82 Å². The van der Waals surface area contributed by atoms with Crippen molar-refractivity contribution in [3.8, 4) is 11.3 Å². The minimum Gasteiger partial charge on any atom is -0.364 e. The molecule has 0 saturated heterocycles. The highest BCUT2D eigenvalue weighted by Gasteiger charge is 2.07. The molecule has 5 nitrogen and oxygen atoms in total. The lowest BCUT2D eigenvalue weighted by Gasteiger charge is -2.11. The van der Waals surface area contributed by atoms with E-state index < -0.39 is 0 Å². The van der Waals surface area contributed by atoms with Gasteiger partial charge in [0.15, 0.2) is 0 Å². The lowest BCUT2D eigenvalue weighted by atomic mass is 10.1. The fraction of sp³-hybridized carbons (Fsp3) is 0.125. The monoisotopic (exact) mass is 399 g/mol. The van der Waals surface area contributed by atoms with E-state index in [1.165, 1.54) is 12.1 Å². The molecule has 0 aliphatic rings. The topological polar surface area (TPSA) is 62.7 Å². The summed E-state index contributed by atoms with van der Waals surface area (Å²) in [7, 11) is 0. The van der Waals surface area contributed by atoms with Crippen LogP contribution in [0.3, 0.4) is 0 Å². The third-order valence-electron chi connectivity index (χ3n) is 4.58. The average molecular weight is 399 g/mol. The van der Waals surface area contributed by atoms with Crippen LogP contribution in [0.25, 0.3) is 11.3 Å². The zero-order valence-corrected chi connectivity index (χ0v) is 16.4. The molecule has 150 valence electrons. The van der Waals surface area contributed by atoms with Crippen molar-refractivity contribution in [3.05, 3.63) is 102 Å². The molecule has 0 aliphatic carbocycles. The Balaban J connectivity index is 1.50. The van der Waals surface area contributed by atoms with Crippen molar-refractivity contribution in [2.75, 3.05) is 17.2 Å². The second-order valence-corrected chi connectivity index (χ2v) is 6.81. The maximum absolute atomic E-state index is 13.1. The van der Waals surface area contributed by atoms with Gasteiger partial charge in [0.2, 0.25) is 5.95 Å². The van der Waals surface area contributed by atoms with E-state index in [1.54, 1.807) is 18.3 Å². The maximum atomic E-state index is 13.1. The normalized spacial score (nSPS) is 10.6. The van der Waals surface area contributed by atoms with Gasteiger partial charge in [-0.3, -0.25) is 4.98 Å². The van der Waals surface area contributed by atoms with E-state index >= 15 is 0 Å². The molecular formula is C24H22FN5. The number of halogens is 1. The van der Waals surface area contributed by atoms with Crippen molar-refractivity contribution in [2.24, 2.45) is 0 Å². The second-order valence-electron chi connectivity index (χ2n) is 6.81. The van der Waals surface area contributed by atoms with Crippen LogP contribution in [-0.4, -0.2) is 21.5 Å². The largest absolute Gasteiger partial charge is 0.364 e. The van der Waals surface area contributed by atoms with Crippen molar-refractivity contribution in [1.82, 2.24) is 15.0 Å². The number of hydrogen-bond acceptors (Lipinski definition) is 5. The SMILES string of the molecule is Fc1ccc(CCNc2nc(NCc3ccccn3)cc(-c3ccccc3)n2)cc1. The van der Waals surface area contributed by atoms with Crippen LogP contribution in [0.15, 0.2) is 85.1 Å². The molecular weight excluding hydrogens is 377 g/mol. The van der Waals surface area contributed by atoms with Gasteiger partial charge in [-0.05, 0) is 36.2 Å². The maximum Gasteiger partial charge on any atom is 0.225 e. The molecule has 0 amide bonds. The van der Waals surface area contributed by atoms with Crippen molar-refractivity contribution >= 4 is 11.8 Å². The van der Waals surface area contributed by atoms with Crippen LogP contribution in [0.2, 0.25) is 0 Å². The van der Waals surface area contributed by atoms with Crippen LogP contribution >= 0.6 is 0 Å². The highest BCUT2D eigenvalue weighted by molar-refractivity contribution is 5.64. The number of anilines is 2. The van der Waals surface area contributed by atoms with E-state index in [0.29, 0.717) is 19.0 Å². The predicted octanol–water partition coefficient (Wildman–Crippen LogP) is 4.94. The van der Waals surface area contributed by atoms with Crippen LogP contribution in [0.1, 0.15) is 11.3 Å². The molecule has 6 heteroatoms. The minimum absolute atomic E-state index is 0.228. The van der Waals surface area contributed by atoms with Crippen LogP contribution in [0.4, 0.5) is 16.2 Å². The Bertz CT molecular complexity index is 1070. The fourth-order valence-electron chi connectivity index (χ4n) is 3.03. The first kappa shape index (κ1) is 19.5. The number of nitrogens with zero attached hydrogens (tertiary/aromatic N) is 3. The van der Waals surface area contributed by atoms with Crippen LogP contribution in [0, 0.1) is 5.82 Å². The lowest BCUT2D eigenvalue weighted by Crippen LogP contribution is -2.11. The van der Waals surface area contributed by atoms with Gasteiger partial charge in [-0.15, -0.1) is 0 Å². The third kappa shape index (κ3) is 5.38. The zero-order chi connectivity index (χ0) is 20.6. The van der Waals surface area contributed by atoms with Gasteiger partial charge in [-0.1, -0.05) is 48.5 Å². The highest BCUT2D eigenvalue weighted by Crippen LogP contribution is 2.21. The Morgan fingerprint density at radius 3 is 2.37 bits per heavy atom. The summed E-state index contributed by atoms with van der Waals surface area (Å²) >= 11 is 0. The van der Waals surface area contributed by atoms with E-state index in [2.05, 4.69) is 25.6 Å². The summed E-state index contributed by atoms with van der Waals surface area (Å²) in [6.07, 6.45) is 2.52. The summed E-state index contributed by atoms with van der Waals surface area (Å²) in [5.74, 6) is 1.04. The zero-order valence-electron chi connectivity index (χ0n) is 16.4. The van der Waals surface area contributed by atoms with Crippen molar-refractivity contribution in [2.45, 2.75) is 13.0 Å². The van der Waals surface area contributed by atoms with Crippen molar-refractivity contribution in [3.63, 3.8) is 0 Å². The van der Waals surface area contributed by atoms with Gasteiger partial charge in [0.1, 0.15) is 11.6 Å². The molecule has 2 aromatic heterocycles. The molecule has 0 fully saturated rings. The molecule has 0 atom stereocenters. The Morgan fingerprint density at radius 1 is 0.800 bits per heavy atom. The number of hydrogen-bond donors (Lipinski definition) is 2. The second kappa shape index (κ2) is 9.60. The van der Waals surface area contributed by atoms with E-state index in [9.17, 15) is 4.39 Å². The molecule has 4 aromatic rings. The van der Waals surface area contributed by atoms with E-state index in [4.69, 9.17) is 0 Å². The molecule has 4 rings (SSSR count). The summed E-state index contributed by atoms with van der Waals surface area (Å²) in [5.41, 5.74) is 3.83. The fourth-order valence-corrected chi connectivity index (χ4v) is 3.03. The van der Waals surface area contributed by atoms with Gasteiger partial charge >= 0.3 is 0 Å². The summed E-state index contributed by atoms with van der Waals surface area (Å²) in [6, 6.07) is 24.3. The number of benzene rings is 2. The number of pyridine rings is 1. The molecule has 2 N–H and O–H groups in total. The van der Waals surface area contributed by atoms with Gasteiger partial charge in [-0.2, -0.15) is 4.98 Å². The van der Waals surface area contributed by atoms with Crippen LogP contribution in [0.5, 0.6) is 0 Å². The summed E-state index contributed by atoms with van der Waals surface area (Å²) < 4.78 is 13.1. The van der Waals surface area contributed by atoms with E-state index in [1.807, 2.05) is 54.6 Å². The number of rotatable bonds is 8. The van der Waals surface area contributed by atoms with Crippen molar-refractivity contribution < 1.29 is 4.39 Å². The molecule has 0 unspecified atom stereocenters. The summed E-state index contributed by atoms with van der Waals surface area (Å²) in [6.45, 7) is 1.21. The Kier molecular flexibility index (Phi) is 6.25. The van der Waals surface area contributed by atoms with Crippen molar-refractivity contribution in [1.29, 1.82) is 0 Å². The Morgan fingerprint density at radius 2 is 1.60 bits per heavy atom. The first-order valence-corrected chi connectivity index (χ1v) is 9.83. The van der Waals surface area contributed by atoms with Crippen LogP contribution in [-0.2, 0) is 13.0 Å². The summed E-state index contributed by atoms with van der Waals surface area (Å²) in [5, 5.41) is 6.62. The average Bonchev–Trinajstić information content (AvgIpc) is 2.80. The Hall–Kier alpha value is -3.80. The molecule has 0 aliphatic heterocycles. The lowest BCUT2D eigenvalue weighted by molar-refractivity contribution is 0.627. The summed E-state index contributed by atoms with van der Waals surface area (Å²) in [4.78, 5) is 13.6. The minimum atomic E-state index is -0.228. The molecule has 0 radical (unpaired) electrons. The molecule has 0 bridgehead atoms. The van der Waals surface area contributed by atoms with Crippen LogP contribution < -0.4 is 10.6 Å². The van der Waals surface area contributed by atoms with Gasteiger partial charge in [0.05, 0.1) is 17.9 Å². The molecule has 30 heavy (non-hydrogen) atoms. The third-order valence-corrected chi connectivity index (χ3v) is 4.58. The number of nitrogens with one attached hydrogen (secondary N) is 2. The van der Waals surface area contributed by atoms with Gasteiger partial charge in [-0.25, -0.2) is 9.37 Å².